The van der Waals surface area contributed by atoms with Gasteiger partial charge in [0.15, 0.2) is 0 Å². The molecule has 0 rings (SSSR count). The lowest BCUT2D eigenvalue weighted by atomic mass is 10.7. The largest absolute Gasteiger partial charge is 0.480 e. The first-order valence-electron chi connectivity index (χ1n) is 3.13. The number of allylic oxidation sites excluding steroid dienone is 1. The lowest BCUT2D eigenvalue weighted by Gasteiger charge is -1.92. The lowest BCUT2D eigenvalue weighted by Crippen LogP contribution is -2.13. The van der Waals surface area contributed by atoms with E-state index in [0.29, 0.717) is 0 Å². The van der Waals surface area contributed by atoms with E-state index in [1.54, 1.807) is 6.08 Å². The molecule has 12 heavy (non-hydrogen) atoms. The van der Waals surface area contributed by atoms with Gasteiger partial charge in [-0.25, -0.2) is 9.59 Å². The molecule has 0 aliphatic carbocycles. The van der Waals surface area contributed by atoms with E-state index in [9.17, 15) is 9.59 Å². The third-order valence-electron chi connectivity index (χ3n) is 0.451. The molecule has 2 N–H and O–H groups in total. The SMILES string of the molecule is C=CC.O=C(O)COCC(=O)O. The van der Waals surface area contributed by atoms with Crippen LogP contribution in [0.4, 0.5) is 0 Å². The van der Waals surface area contributed by atoms with Gasteiger partial charge in [-0.3, -0.25) is 0 Å². The van der Waals surface area contributed by atoms with Crippen LogP contribution in [0.25, 0.3) is 0 Å². The molecule has 0 bridgehead atoms. The average Bonchev–Trinajstić information content (AvgIpc) is 1.87. The summed E-state index contributed by atoms with van der Waals surface area (Å²) in [5.41, 5.74) is 0. The maximum Gasteiger partial charge on any atom is 0.329 e. The molecule has 0 saturated heterocycles. The van der Waals surface area contributed by atoms with E-state index in [-0.39, 0.29) is 0 Å². The molecule has 0 aromatic heterocycles. The van der Waals surface area contributed by atoms with Crippen LogP contribution in [0.15, 0.2) is 12.7 Å². The zero-order valence-corrected chi connectivity index (χ0v) is 6.82. The highest BCUT2D eigenvalue weighted by atomic mass is 16.5. The van der Waals surface area contributed by atoms with Gasteiger partial charge in [0.2, 0.25) is 0 Å². The van der Waals surface area contributed by atoms with Crippen molar-refractivity contribution < 1.29 is 24.5 Å². The second kappa shape index (κ2) is 9.64. The number of ether oxygens (including phenoxy) is 1. The van der Waals surface area contributed by atoms with Gasteiger partial charge in [-0.15, -0.1) is 6.58 Å². The first-order chi connectivity index (χ1) is 5.54. The van der Waals surface area contributed by atoms with Crippen molar-refractivity contribution in [1.29, 1.82) is 0 Å². The maximum atomic E-state index is 9.66. The van der Waals surface area contributed by atoms with Crippen molar-refractivity contribution in [2.24, 2.45) is 0 Å². The molecule has 0 fully saturated rings. The topological polar surface area (TPSA) is 83.8 Å². The summed E-state index contributed by atoms with van der Waals surface area (Å²) in [7, 11) is 0. The number of carboxylic acid groups (broad SMARTS) is 2. The van der Waals surface area contributed by atoms with E-state index in [1.807, 2.05) is 6.92 Å². The predicted molar refractivity (Wildman–Crippen MR) is 42.0 cm³/mol. The Balaban J connectivity index is 0. The summed E-state index contributed by atoms with van der Waals surface area (Å²) in [4.78, 5) is 19.3. The highest BCUT2D eigenvalue weighted by Crippen LogP contribution is 1.73. The predicted octanol–water partition coefficient (Wildman–Crippen LogP) is 0.364. The zero-order chi connectivity index (χ0) is 9.98. The Hall–Kier alpha value is -1.36. The lowest BCUT2D eigenvalue weighted by molar-refractivity contribution is -0.148. The van der Waals surface area contributed by atoms with Gasteiger partial charge in [-0.05, 0) is 6.92 Å². The number of carbonyl (C=O) groups is 2. The third-order valence-corrected chi connectivity index (χ3v) is 0.451. The van der Waals surface area contributed by atoms with Gasteiger partial charge in [0.05, 0.1) is 0 Å². The zero-order valence-electron chi connectivity index (χ0n) is 6.82. The summed E-state index contributed by atoms with van der Waals surface area (Å²) in [6.07, 6.45) is 1.75. The van der Waals surface area contributed by atoms with Crippen LogP contribution in [-0.2, 0) is 14.3 Å². The van der Waals surface area contributed by atoms with Crippen molar-refractivity contribution in [2.75, 3.05) is 13.2 Å². The molecule has 0 amide bonds. The van der Waals surface area contributed by atoms with Crippen molar-refractivity contribution in [1.82, 2.24) is 0 Å². The summed E-state index contributed by atoms with van der Waals surface area (Å²) in [6, 6.07) is 0. The molecule has 0 atom stereocenters. The minimum absolute atomic E-state index is 0.563. The summed E-state index contributed by atoms with van der Waals surface area (Å²) < 4.78 is 4.16. The summed E-state index contributed by atoms with van der Waals surface area (Å²) in [5, 5.41) is 15.8. The normalized spacial score (nSPS) is 7.75. The number of hydrogen-bond acceptors (Lipinski definition) is 3. The maximum absolute atomic E-state index is 9.66. The molecule has 0 aliphatic heterocycles. The van der Waals surface area contributed by atoms with Gasteiger partial charge >= 0.3 is 11.9 Å². The Labute approximate surface area is 70.3 Å². The first kappa shape index (κ1) is 13.2. The van der Waals surface area contributed by atoms with Crippen molar-refractivity contribution >= 4 is 11.9 Å². The molecule has 5 nitrogen and oxygen atoms in total. The fourth-order valence-electron chi connectivity index (χ4n) is 0.226. The van der Waals surface area contributed by atoms with Crippen LogP contribution >= 0.6 is 0 Å². The minimum atomic E-state index is -1.17. The van der Waals surface area contributed by atoms with Crippen molar-refractivity contribution in [3.8, 4) is 0 Å². The Kier molecular flexibility index (Phi) is 10.6. The summed E-state index contributed by atoms with van der Waals surface area (Å²) >= 11 is 0. The summed E-state index contributed by atoms with van der Waals surface area (Å²) in [6.45, 7) is 4.12. The van der Waals surface area contributed by atoms with E-state index in [4.69, 9.17) is 10.2 Å². The van der Waals surface area contributed by atoms with E-state index < -0.39 is 25.2 Å². The molecular formula is C7H12O5. The molecular weight excluding hydrogens is 164 g/mol. The van der Waals surface area contributed by atoms with Gasteiger partial charge in [0.1, 0.15) is 13.2 Å². The van der Waals surface area contributed by atoms with Crippen LogP contribution < -0.4 is 0 Å². The standard InChI is InChI=1S/C4H6O5.C3H6/c5-3(6)1-9-2-4(7)8;1-3-2/h1-2H2,(H,5,6)(H,7,8);3H,1H2,2H3. The van der Waals surface area contributed by atoms with Crippen LogP contribution in [0.1, 0.15) is 6.92 Å². The molecule has 0 heterocycles. The molecule has 0 unspecified atom stereocenters. The van der Waals surface area contributed by atoms with E-state index in [0.717, 1.165) is 0 Å². The summed E-state index contributed by atoms with van der Waals surface area (Å²) in [5.74, 6) is -2.34. The van der Waals surface area contributed by atoms with Gasteiger partial charge in [0.25, 0.3) is 0 Å². The Morgan fingerprint density at radius 1 is 1.33 bits per heavy atom. The van der Waals surface area contributed by atoms with Crippen LogP contribution in [-0.4, -0.2) is 35.4 Å². The quantitative estimate of drug-likeness (QED) is 0.604. The third kappa shape index (κ3) is 23.4. The van der Waals surface area contributed by atoms with Crippen molar-refractivity contribution in [2.45, 2.75) is 6.92 Å². The van der Waals surface area contributed by atoms with Crippen molar-refractivity contribution in [3.05, 3.63) is 12.7 Å². The van der Waals surface area contributed by atoms with Gasteiger partial charge in [-0.2, -0.15) is 0 Å². The molecule has 0 aromatic carbocycles. The Morgan fingerprint density at radius 2 is 1.58 bits per heavy atom. The van der Waals surface area contributed by atoms with Crippen LogP contribution in [0, 0.1) is 0 Å². The second-order valence-corrected chi connectivity index (χ2v) is 1.69. The molecule has 70 valence electrons. The number of hydrogen-bond donors (Lipinski definition) is 2. The van der Waals surface area contributed by atoms with Gasteiger partial charge < -0.3 is 14.9 Å². The first-order valence-corrected chi connectivity index (χ1v) is 3.13. The molecule has 0 saturated carbocycles. The molecule has 5 heteroatoms. The van der Waals surface area contributed by atoms with E-state index >= 15 is 0 Å². The van der Waals surface area contributed by atoms with Gasteiger partial charge in [-0.1, -0.05) is 6.08 Å². The highest BCUT2D eigenvalue weighted by Gasteiger charge is 1.98. The fourth-order valence-corrected chi connectivity index (χ4v) is 0.226. The number of carboxylic acids is 2. The molecule has 0 spiro atoms. The smallest absolute Gasteiger partial charge is 0.329 e. The van der Waals surface area contributed by atoms with Crippen LogP contribution in [0.3, 0.4) is 0 Å². The minimum Gasteiger partial charge on any atom is -0.480 e. The number of aliphatic carboxylic acids is 2. The molecule has 0 aromatic rings. The van der Waals surface area contributed by atoms with Gasteiger partial charge in [0, 0.05) is 0 Å². The Morgan fingerprint density at radius 3 is 1.75 bits per heavy atom. The average molecular weight is 176 g/mol. The Bertz CT molecular complexity index is 138. The monoisotopic (exact) mass is 176 g/mol. The highest BCUT2D eigenvalue weighted by molar-refractivity contribution is 5.70. The number of rotatable bonds is 4. The van der Waals surface area contributed by atoms with Crippen LogP contribution in [0.5, 0.6) is 0 Å². The molecule has 0 aliphatic rings. The second-order valence-electron chi connectivity index (χ2n) is 1.69. The fraction of sp³-hybridized carbons (Fsp3) is 0.429. The van der Waals surface area contributed by atoms with Crippen LogP contribution in [0.2, 0.25) is 0 Å². The van der Waals surface area contributed by atoms with E-state index in [1.165, 1.54) is 0 Å². The van der Waals surface area contributed by atoms with E-state index in [2.05, 4.69) is 11.3 Å². The van der Waals surface area contributed by atoms with Crippen molar-refractivity contribution in [3.63, 3.8) is 0 Å². The molecule has 0 radical (unpaired) electrons.